The zero-order valence-corrected chi connectivity index (χ0v) is 13.9. The van der Waals surface area contributed by atoms with Gasteiger partial charge >= 0.3 is 12.1 Å². The van der Waals surface area contributed by atoms with Crippen LogP contribution in [0.3, 0.4) is 0 Å². The van der Waals surface area contributed by atoms with E-state index in [4.69, 9.17) is 0 Å². The molecule has 9 heteroatoms. The first-order valence-electron chi connectivity index (χ1n) is 7.53. The number of hydrogen-bond donors (Lipinski definition) is 3. The fourth-order valence-corrected chi connectivity index (χ4v) is 2.06. The van der Waals surface area contributed by atoms with E-state index in [-0.39, 0.29) is 37.9 Å². The van der Waals surface area contributed by atoms with E-state index < -0.39 is 12.1 Å². The SMILES string of the molecule is CC(=O)NCc1cc(CCNC(=O)C(F)(F)F)cc(CNC(C)=O)c1. The van der Waals surface area contributed by atoms with Crippen molar-refractivity contribution in [2.75, 3.05) is 6.54 Å². The predicted octanol–water partition coefficient (Wildman–Crippen LogP) is 1.18. The molecule has 0 aliphatic rings. The molecule has 0 bridgehead atoms. The van der Waals surface area contributed by atoms with Gasteiger partial charge in [-0.05, 0) is 23.1 Å². The third-order valence-electron chi connectivity index (χ3n) is 3.15. The van der Waals surface area contributed by atoms with Crippen LogP contribution < -0.4 is 16.0 Å². The summed E-state index contributed by atoms with van der Waals surface area (Å²) in [5.74, 6) is -2.42. The monoisotopic (exact) mass is 359 g/mol. The summed E-state index contributed by atoms with van der Waals surface area (Å²) in [5, 5.41) is 7.07. The van der Waals surface area contributed by atoms with Crippen LogP contribution in [0.5, 0.6) is 0 Å². The largest absolute Gasteiger partial charge is 0.471 e. The number of carbonyl (C=O) groups is 3. The minimum Gasteiger partial charge on any atom is -0.352 e. The van der Waals surface area contributed by atoms with Crippen molar-refractivity contribution in [2.24, 2.45) is 0 Å². The van der Waals surface area contributed by atoms with Gasteiger partial charge in [-0.15, -0.1) is 0 Å². The lowest BCUT2D eigenvalue weighted by molar-refractivity contribution is -0.173. The molecule has 25 heavy (non-hydrogen) atoms. The van der Waals surface area contributed by atoms with E-state index in [1.54, 1.807) is 18.2 Å². The molecule has 0 radical (unpaired) electrons. The maximum atomic E-state index is 12.2. The van der Waals surface area contributed by atoms with E-state index in [2.05, 4.69) is 10.6 Å². The van der Waals surface area contributed by atoms with E-state index in [1.807, 2.05) is 5.32 Å². The van der Waals surface area contributed by atoms with E-state index in [1.165, 1.54) is 13.8 Å². The van der Waals surface area contributed by atoms with Crippen LogP contribution in [-0.2, 0) is 33.9 Å². The molecule has 0 saturated carbocycles. The first kappa shape index (κ1) is 20.5. The highest BCUT2D eigenvalue weighted by Gasteiger charge is 2.38. The smallest absolute Gasteiger partial charge is 0.352 e. The molecule has 0 unspecified atom stereocenters. The Balaban J connectivity index is 2.79. The standard InChI is InChI=1S/C16H20F3N3O3/c1-10(23)21-8-13-5-12(3-4-20-15(25)16(17,18)19)6-14(7-13)9-22-11(2)24/h5-7H,3-4,8-9H2,1-2H3,(H,20,25)(H,21,23)(H,22,24). The van der Waals surface area contributed by atoms with Crippen LogP contribution in [0.15, 0.2) is 18.2 Å². The zero-order chi connectivity index (χ0) is 19.0. The van der Waals surface area contributed by atoms with Gasteiger partial charge < -0.3 is 16.0 Å². The average molecular weight is 359 g/mol. The second kappa shape index (κ2) is 9.05. The van der Waals surface area contributed by atoms with Gasteiger partial charge in [0.25, 0.3) is 0 Å². The molecule has 0 aromatic heterocycles. The van der Waals surface area contributed by atoms with E-state index in [0.29, 0.717) is 5.56 Å². The molecule has 0 aliphatic heterocycles. The summed E-state index contributed by atoms with van der Waals surface area (Å²) < 4.78 is 36.5. The number of nitrogens with one attached hydrogen (secondary N) is 3. The average Bonchev–Trinajstić information content (AvgIpc) is 2.50. The molecule has 1 aromatic rings. The summed E-state index contributed by atoms with van der Waals surface area (Å²) in [6.07, 6.45) is -4.73. The van der Waals surface area contributed by atoms with Crippen molar-refractivity contribution in [3.05, 3.63) is 34.9 Å². The number of benzene rings is 1. The maximum Gasteiger partial charge on any atom is 0.471 e. The molecule has 0 saturated heterocycles. The van der Waals surface area contributed by atoms with Gasteiger partial charge in [0, 0.05) is 33.5 Å². The van der Waals surface area contributed by atoms with Crippen molar-refractivity contribution < 1.29 is 27.6 Å². The first-order valence-corrected chi connectivity index (χ1v) is 7.53. The summed E-state index contributed by atoms with van der Waals surface area (Å²) in [6.45, 7) is 3.07. The van der Waals surface area contributed by atoms with Crippen LogP contribution in [-0.4, -0.2) is 30.4 Å². The van der Waals surface area contributed by atoms with Gasteiger partial charge in [-0.2, -0.15) is 13.2 Å². The maximum absolute atomic E-state index is 12.2. The minimum absolute atomic E-state index is 0.179. The van der Waals surface area contributed by atoms with Crippen LogP contribution in [0.2, 0.25) is 0 Å². The summed E-state index contributed by atoms with van der Waals surface area (Å²) >= 11 is 0. The minimum atomic E-state index is -4.91. The summed E-state index contributed by atoms with van der Waals surface area (Å²) in [4.78, 5) is 32.9. The van der Waals surface area contributed by atoms with Crippen molar-refractivity contribution in [2.45, 2.75) is 39.5 Å². The molecule has 0 fully saturated rings. The number of rotatable bonds is 7. The Kier molecular flexibility index (Phi) is 7.41. The number of halogens is 3. The van der Waals surface area contributed by atoms with Crippen molar-refractivity contribution in [1.29, 1.82) is 0 Å². The Morgan fingerprint density at radius 2 is 1.28 bits per heavy atom. The van der Waals surface area contributed by atoms with Crippen LogP contribution in [0.1, 0.15) is 30.5 Å². The molecule has 3 N–H and O–H groups in total. The van der Waals surface area contributed by atoms with Crippen LogP contribution in [0, 0.1) is 0 Å². The topological polar surface area (TPSA) is 87.3 Å². The Labute approximate surface area is 143 Å². The third kappa shape index (κ3) is 8.18. The van der Waals surface area contributed by atoms with Gasteiger partial charge in [-0.3, -0.25) is 14.4 Å². The molecular weight excluding hydrogens is 339 g/mol. The lowest BCUT2D eigenvalue weighted by Gasteiger charge is -2.12. The Bertz CT molecular complexity index is 609. The number of hydrogen-bond acceptors (Lipinski definition) is 3. The number of carbonyl (C=O) groups excluding carboxylic acids is 3. The van der Waals surface area contributed by atoms with Crippen LogP contribution in [0.4, 0.5) is 13.2 Å². The van der Waals surface area contributed by atoms with Crippen molar-refractivity contribution in [3.63, 3.8) is 0 Å². The Morgan fingerprint density at radius 3 is 1.68 bits per heavy atom. The Morgan fingerprint density at radius 1 is 0.840 bits per heavy atom. The fourth-order valence-electron chi connectivity index (χ4n) is 2.06. The van der Waals surface area contributed by atoms with Crippen LogP contribution >= 0.6 is 0 Å². The van der Waals surface area contributed by atoms with Gasteiger partial charge in [0.15, 0.2) is 0 Å². The molecule has 138 valence electrons. The highest BCUT2D eigenvalue weighted by atomic mass is 19.4. The van der Waals surface area contributed by atoms with E-state index in [9.17, 15) is 27.6 Å². The predicted molar refractivity (Wildman–Crippen MR) is 84.3 cm³/mol. The van der Waals surface area contributed by atoms with Crippen molar-refractivity contribution in [1.82, 2.24) is 16.0 Å². The quantitative estimate of drug-likeness (QED) is 0.683. The molecule has 6 nitrogen and oxygen atoms in total. The molecule has 0 atom stereocenters. The molecule has 0 heterocycles. The second-order valence-electron chi connectivity index (χ2n) is 5.48. The van der Waals surface area contributed by atoms with E-state index >= 15 is 0 Å². The van der Waals surface area contributed by atoms with E-state index in [0.717, 1.165) is 11.1 Å². The highest BCUT2D eigenvalue weighted by Crippen LogP contribution is 2.15. The summed E-state index contributed by atoms with van der Waals surface area (Å²) in [6, 6.07) is 5.24. The van der Waals surface area contributed by atoms with Gasteiger partial charge in [-0.1, -0.05) is 18.2 Å². The fraction of sp³-hybridized carbons (Fsp3) is 0.438. The van der Waals surface area contributed by atoms with Gasteiger partial charge in [0.1, 0.15) is 0 Å². The van der Waals surface area contributed by atoms with Gasteiger partial charge in [-0.25, -0.2) is 0 Å². The molecular formula is C16H20F3N3O3. The second-order valence-corrected chi connectivity index (χ2v) is 5.48. The lowest BCUT2D eigenvalue weighted by Crippen LogP contribution is -2.37. The molecule has 3 amide bonds. The number of alkyl halides is 3. The summed E-state index contributed by atoms with van der Waals surface area (Å²) in [5.41, 5.74) is 2.18. The van der Waals surface area contributed by atoms with Crippen molar-refractivity contribution in [3.8, 4) is 0 Å². The molecule has 1 rings (SSSR count). The first-order chi connectivity index (χ1) is 11.6. The Hall–Kier alpha value is -2.58. The van der Waals surface area contributed by atoms with Gasteiger partial charge in [0.2, 0.25) is 11.8 Å². The normalized spacial score (nSPS) is 10.9. The van der Waals surface area contributed by atoms with Crippen molar-refractivity contribution >= 4 is 17.7 Å². The molecule has 0 aliphatic carbocycles. The zero-order valence-electron chi connectivity index (χ0n) is 13.9. The third-order valence-corrected chi connectivity index (χ3v) is 3.15. The molecule has 0 spiro atoms. The lowest BCUT2D eigenvalue weighted by atomic mass is 10.0. The van der Waals surface area contributed by atoms with Crippen LogP contribution in [0.25, 0.3) is 0 Å². The highest BCUT2D eigenvalue weighted by molar-refractivity contribution is 5.81. The molecule has 1 aromatic carbocycles. The number of amides is 3. The summed E-state index contributed by atoms with van der Waals surface area (Å²) in [7, 11) is 0. The van der Waals surface area contributed by atoms with Gasteiger partial charge in [0.05, 0.1) is 0 Å².